The average Bonchev–Trinajstić information content (AvgIpc) is 3.11. The van der Waals surface area contributed by atoms with E-state index in [0.29, 0.717) is 12.2 Å². The van der Waals surface area contributed by atoms with Crippen LogP contribution in [0.15, 0.2) is 30.5 Å². The number of nitrogens with zero attached hydrogens (tertiary/aromatic N) is 4. The standard InChI is InChI=1S/C13H14N4O2S2/c1-2-21(18,19)8-7-17-9-11(15-16-17)13-14-10-5-3-4-6-12(10)20-13/h3-6,9H,2,7-8H2,1H3. The topological polar surface area (TPSA) is 77.7 Å². The second-order valence-electron chi connectivity index (χ2n) is 4.59. The third-order valence-electron chi connectivity index (χ3n) is 3.12. The Labute approximate surface area is 126 Å². The van der Waals surface area contributed by atoms with Crippen LogP contribution >= 0.6 is 11.3 Å². The minimum absolute atomic E-state index is 0.0755. The average molecular weight is 322 g/mol. The summed E-state index contributed by atoms with van der Waals surface area (Å²) in [5, 5.41) is 8.84. The Morgan fingerprint density at radius 1 is 1.29 bits per heavy atom. The second-order valence-corrected chi connectivity index (χ2v) is 8.09. The lowest BCUT2D eigenvalue weighted by Crippen LogP contribution is -2.14. The molecule has 0 bridgehead atoms. The molecule has 3 aromatic rings. The highest BCUT2D eigenvalue weighted by atomic mass is 32.2. The van der Waals surface area contributed by atoms with E-state index in [1.807, 2.05) is 24.3 Å². The smallest absolute Gasteiger partial charge is 0.151 e. The Hall–Kier alpha value is -1.80. The lowest BCUT2D eigenvalue weighted by atomic mass is 10.3. The fourth-order valence-corrected chi connectivity index (χ4v) is 3.53. The van der Waals surface area contributed by atoms with Crippen molar-refractivity contribution in [1.82, 2.24) is 20.0 Å². The van der Waals surface area contributed by atoms with Crippen LogP contribution in [0.3, 0.4) is 0 Å². The van der Waals surface area contributed by atoms with Gasteiger partial charge in [0.1, 0.15) is 10.7 Å². The Morgan fingerprint density at radius 3 is 2.86 bits per heavy atom. The summed E-state index contributed by atoms with van der Waals surface area (Å²) >= 11 is 1.55. The van der Waals surface area contributed by atoms with Crippen LogP contribution in [-0.4, -0.2) is 39.9 Å². The summed E-state index contributed by atoms with van der Waals surface area (Å²) in [6, 6.07) is 7.87. The zero-order chi connectivity index (χ0) is 14.9. The maximum atomic E-state index is 11.5. The first-order valence-corrected chi connectivity index (χ1v) is 9.18. The fourth-order valence-electron chi connectivity index (χ4n) is 1.86. The van der Waals surface area contributed by atoms with E-state index in [1.165, 1.54) is 0 Å². The molecule has 2 aromatic heterocycles. The van der Waals surface area contributed by atoms with Crippen molar-refractivity contribution in [2.45, 2.75) is 13.5 Å². The molecule has 0 fully saturated rings. The van der Waals surface area contributed by atoms with E-state index >= 15 is 0 Å². The molecule has 0 N–H and O–H groups in total. The van der Waals surface area contributed by atoms with Crippen LogP contribution in [0.4, 0.5) is 0 Å². The molecule has 0 spiro atoms. The molecule has 3 rings (SSSR count). The van der Waals surface area contributed by atoms with Crippen LogP contribution in [-0.2, 0) is 16.4 Å². The monoisotopic (exact) mass is 322 g/mol. The molecule has 0 aliphatic carbocycles. The Morgan fingerprint density at radius 2 is 2.10 bits per heavy atom. The lowest BCUT2D eigenvalue weighted by molar-refractivity contribution is 0.576. The van der Waals surface area contributed by atoms with E-state index in [1.54, 1.807) is 29.1 Å². The minimum atomic E-state index is -3.00. The van der Waals surface area contributed by atoms with Crippen LogP contribution in [0.5, 0.6) is 0 Å². The number of sulfone groups is 1. The SMILES string of the molecule is CCS(=O)(=O)CCn1cc(-c2nc3ccccc3s2)nn1. The molecule has 1 aromatic carbocycles. The summed E-state index contributed by atoms with van der Waals surface area (Å²) in [5.41, 5.74) is 1.60. The number of para-hydroxylation sites is 1. The lowest BCUT2D eigenvalue weighted by Gasteiger charge is -1.99. The molecule has 2 heterocycles. The number of fused-ring (bicyclic) bond motifs is 1. The molecule has 0 saturated carbocycles. The second kappa shape index (κ2) is 5.53. The highest BCUT2D eigenvalue weighted by Crippen LogP contribution is 2.28. The molecular formula is C13H14N4O2S2. The summed E-state index contributed by atoms with van der Waals surface area (Å²) in [6.07, 6.45) is 1.74. The van der Waals surface area contributed by atoms with Crippen molar-refractivity contribution in [1.29, 1.82) is 0 Å². The molecule has 0 aliphatic heterocycles. The van der Waals surface area contributed by atoms with Crippen molar-refractivity contribution in [2.75, 3.05) is 11.5 Å². The zero-order valence-electron chi connectivity index (χ0n) is 11.4. The van der Waals surface area contributed by atoms with Gasteiger partial charge in [-0.15, -0.1) is 16.4 Å². The number of hydrogen-bond acceptors (Lipinski definition) is 6. The summed E-state index contributed by atoms with van der Waals surface area (Å²) in [5.74, 6) is 0.221. The first kappa shape index (κ1) is 14.2. The van der Waals surface area contributed by atoms with Gasteiger partial charge < -0.3 is 0 Å². The van der Waals surface area contributed by atoms with Crippen molar-refractivity contribution in [3.05, 3.63) is 30.5 Å². The molecule has 0 saturated heterocycles. The molecule has 0 unspecified atom stereocenters. The van der Waals surface area contributed by atoms with Crippen LogP contribution < -0.4 is 0 Å². The summed E-state index contributed by atoms with van der Waals surface area (Å²) < 4.78 is 25.6. The van der Waals surface area contributed by atoms with E-state index in [9.17, 15) is 8.42 Å². The normalized spacial score (nSPS) is 12.0. The molecule has 0 atom stereocenters. The van der Waals surface area contributed by atoms with Gasteiger partial charge in [0, 0.05) is 5.75 Å². The predicted molar refractivity (Wildman–Crippen MR) is 83.0 cm³/mol. The molecule has 8 heteroatoms. The van der Waals surface area contributed by atoms with Crippen LogP contribution in [0.2, 0.25) is 0 Å². The zero-order valence-corrected chi connectivity index (χ0v) is 13.1. The van der Waals surface area contributed by atoms with E-state index in [4.69, 9.17) is 0 Å². The third-order valence-corrected chi connectivity index (χ3v) is 5.87. The van der Waals surface area contributed by atoms with Gasteiger partial charge in [0.15, 0.2) is 9.84 Å². The molecule has 0 radical (unpaired) electrons. The molecular weight excluding hydrogens is 308 g/mol. The Balaban J connectivity index is 1.81. The number of thiazole rings is 1. The highest BCUT2D eigenvalue weighted by molar-refractivity contribution is 7.91. The summed E-state index contributed by atoms with van der Waals surface area (Å²) in [4.78, 5) is 4.51. The number of aryl methyl sites for hydroxylation is 1. The Kier molecular flexibility index (Phi) is 3.73. The molecule has 110 valence electrons. The number of benzene rings is 1. The van der Waals surface area contributed by atoms with Gasteiger partial charge in [-0.2, -0.15) is 0 Å². The van der Waals surface area contributed by atoms with Gasteiger partial charge in [0.2, 0.25) is 0 Å². The maximum Gasteiger partial charge on any atom is 0.151 e. The number of rotatable bonds is 5. The quantitative estimate of drug-likeness (QED) is 0.718. The molecule has 0 aliphatic rings. The van der Waals surface area contributed by atoms with E-state index in [-0.39, 0.29) is 11.5 Å². The van der Waals surface area contributed by atoms with E-state index in [0.717, 1.165) is 15.2 Å². The van der Waals surface area contributed by atoms with E-state index < -0.39 is 9.84 Å². The minimum Gasteiger partial charge on any atom is -0.251 e. The maximum absolute atomic E-state index is 11.5. The summed E-state index contributed by atoms with van der Waals surface area (Å²) in [7, 11) is -3.00. The van der Waals surface area contributed by atoms with E-state index in [2.05, 4.69) is 15.3 Å². The van der Waals surface area contributed by atoms with Gasteiger partial charge in [0.05, 0.1) is 28.7 Å². The first-order valence-electron chi connectivity index (χ1n) is 6.54. The van der Waals surface area contributed by atoms with Crippen molar-refractivity contribution in [3.8, 4) is 10.7 Å². The summed E-state index contributed by atoms with van der Waals surface area (Å²) in [6.45, 7) is 1.96. The highest BCUT2D eigenvalue weighted by Gasteiger charge is 2.12. The van der Waals surface area contributed by atoms with Crippen LogP contribution in [0, 0.1) is 0 Å². The van der Waals surface area contributed by atoms with Gasteiger partial charge in [-0.25, -0.2) is 13.4 Å². The van der Waals surface area contributed by atoms with Crippen LogP contribution in [0.25, 0.3) is 20.9 Å². The molecule has 0 amide bonds. The largest absolute Gasteiger partial charge is 0.251 e. The fraction of sp³-hybridized carbons (Fsp3) is 0.308. The predicted octanol–water partition coefficient (Wildman–Crippen LogP) is 1.99. The van der Waals surface area contributed by atoms with Gasteiger partial charge >= 0.3 is 0 Å². The first-order chi connectivity index (χ1) is 10.1. The number of aromatic nitrogens is 4. The van der Waals surface area contributed by atoms with Gasteiger partial charge in [0.25, 0.3) is 0 Å². The molecule has 21 heavy (non-hydrogen) atoms. The number of hydrogen-bond donors (Lipinski definition) is 0. The van der Waals surface area contributed by atoms with Crippen molar-refractivity contribution in [2.24, 2.45) is 0 Å². The third kappa shape index (κ3) is 3.11. The van der Waals surface area contributed by atoms with Crippen LogP contribution in [0.1, 0.15) is 6.92 Å². The van der Waals surface area contributed by atoms with Crippen molar-refractivity contribution < 1.29 is 8.42 Å². The van der Waals surface area contributed by atoms with Gasteiger partial charge in [-0.3, -0.25) is 4.68 Å². The molecule has 6 nitrogen and oxygen atoms in total. The van der Waals surface area contributed by atoms with Gasteiger partial charge in [-0.1, -0.05) is 24.3 Å². The van der Waals surface area contributed by atoms with Crippen molar-refractivity contribution >= 4 is 31.4 Å². The Bertz CT molecular complexity index is 834. The van der Waals surface area contributed by atoms with Crippen molar-refractivity contribution in [3.63, 3.8) is 0 Å². The van der Waals surface area contributed by atoms with Gasteiger partial charge in [-0.05, 0) is 12.1 Å².